The average Bonchev–Trinajstić information content (AvgIpc) is 2.87. The fraction of sp³-hybridized carbons (Fsp3) is 0.240. The minimum absolute atomic E-state index is 0.0546. The maximum absolute atomic E-state index is 13.3. The minimum atomic E-state index is -3.81. The summed E-state index contributed by atoms with van der Waals surface area (Å²) in [7, 11) is -0.791. The number of hydrogen-bond acceptors (Lipinski definition) is 6. The number of halogens is 1. The highest BCUT2D eigenvalue weighted by Gasteiger charge is 2.29. The molecule has 0 spiro atoms. The number of carbonyl (C=O) groups is 1. The van der Waals surface area contributed by atoms with Crippen LogP contribution in [0.1, 0.15) is 12.0 Å². The number of para-hydroxylation sites is 1. The molecule has 184 valence electrons. The number of aryl methyl sites for hydroxylation is 1. The number of amides is 1. The van der Waals surface area contributed by atoms with Crippen LogP contribution < -0.4 is 23.8 Å². The van der Waals surface area contributed by atoms with Gasteiger partial charge in [-0.3, -0.25) is 9.10 Å². The van der Waals surface area contributed by atoms with Gasteiger partial charge in [-0.1, -0.05) is 29.8 Å². The SMILES string of the molecule is COc1ccc(NC(=O)COc2ccc(S(=O)(=O)N3CCCc4ccccc43)cc2Cl)c(OC)c1. The van der Waals surface area contributed by atoms with Crippen LogP contribution in [0.4, 0.5) is 11.4 Å². The summed E-state index contributed by atoms with van der Waals surface area (Å²) < 4.78 is 44.0. The Kier molecular flexibility index (Phi) is 7.37. The van der Waals surface area contributed by atoms with Crippen LogP contribution in [0.25, 0.3) is 0 Å². The maximum atomic E-state index is 13.3. The Morgan fingerprint density at radius 3 is 2.57 bits per heavy atom. The van der Waals surface area contributed by atoms with Crippen molar-refractivity contribution in [2.45, 2.75) is 17.7 Å². The van der Waals surface area contributed by atoms with Crippen LogP contribution in [-0.2, 0) is 21.2 Å². The van der Waals surface area contributed by atoms with Gasteiger partial charge in [0.2, 0.25) is 0 Å². The molecule has 1 heterocycles. The van der Waals surface area contributed by atoms with Gasteiger partial charge in [0.1, 0.15) is 17.2 Å². The fourth-order valence-electron chi connectivity index (χ4n) is 3.87. The van der Waals surface area contributed by atoms with Crippen molar-refractivity contribution in [3.63, 3.8) is 0 Å². The minimum Gasteiger partial charge on any atom is -0.497 e. The molecule has 10 heteroatoms. The van der Waals surface area contributed by atoms with Gasteiger partial charge in [0, 0.05) is 12.6 Å². The second-order valence-electron chi connectivity index (χ2n) is 7.80. The first-order chi connectivity index (χ1) is 16.8. The first kappa shape index (κ1) is 24.7. The Morgan fingerprint density at radius 2 is 1.83 bits per heavy atom. The lowest BCUT2D eigenvalue weighted by Gasteiger charge is -2.30. The summed E-state index contributed by atoms with van der Waals surface area (Å²) in [6.45, 7) is 0.0602. The van der Waals surface area contributed by atoms with E-state index in [-0.39, 0.29) is 22.3 Å². The van der Waals surface area contributed by atoms with E-state index in [2.05, 4.69) is 5.32 Å². The van der Waals surface area contributed by atoms with Crippen molar-refractivity contribution < 1.29 is 27.4 Å². The number of anilines is 2. The van der Waals surface area contributed by atoms with E-state index in [9.17, 15) is 13.2 Å². The van der Waals surface area contributed by atoms with E-state index in [1.54, 1.807) is 18.2 Å². The summed E-state index contributed by atoms with van der Waals surface area (Å²) in [5.41, 5.74) is 2.13. The highest BCUT2D eigenvalue weighted by molar-refractivity contribution is 7.92. The van der Waals surface area contributed by atoms with Gasteiger partial charge in [0.05, 0.1) is 35.5 Å². The van der Waals surface area contributed by atoms with Gasteiger partial charge in [0.15, 0.2) is 6.61 Å². The number of methoxy groups -OCH3 is 2. The molecule has 4 rings (SSSR count). The van der Waals surface area contributed by atoms with E-state index in [1.165, 1.54) is 36.7 Å². The van der Waals surface area contributed by atoms with Crippen LogP contribution in [0.5, 0.6) is 17.2 Å². The number of carbonyl (C=O) groups excluding carboxylic acids is 1. The van der Waals surface area contributed by atoms with E-state index in [0.29, 0.717) is 29.4 Å². The van der Waals surface area contributed by atoms with Crippen molar-refractivity contribution in [3.8, 4) is 17.2 Å². The lowest BCUT2D eigenvalue weighted by molar-refractivity contribution is -0.118. The maximum Gasteiger partial charge on any atom is 0.264 e. The van der Waals surface area contributed by atoms with Crippen molar-refractivity contribution in [1.82, 2.24) is 0 Å². The van der Waals surface area contributed by atoms with Gasteiger partial charge < -0.3 is 19.5 Å². The first-order valence-corrected chi connectivity index (χ1v) is 12.7. The lowest BCUT2D eigenvalue weighted by Crippen LogP contribution is -2.35. The third-order valence-electron chi connectivity index (χ3n) is 5.60. The Morgan fingerprint density at radius 1 is 1.03 bits per heavy atom. The average molecular weight is 517 g/mol. The molecule has 1 aliphatic rings. The second-order valence-corrected chi connectivity index (χ2v) is 10.1. The zero-order valence-corrected chi connectivity index (χ0v) is 20.9. The standard InChI is InChI=1S/C25H25ClN2O6S/c1-32-18-9-11-21(24(14-18)33-2)27-25(29)16-34-23-12-10-19(15-20(23)26)35(30,31)28-13-5-7-17-6-3-4-8-22(17)28/h3-4,6,8-12,14-15H,5,7,13,16H2,1-2H3,(H,27,29). The summed E-state index contributed by atoms with van der Waals surface area (Å²) in [4.78, 5) is 12.5. The molecule has 0 radical (unpaired) electrons. The summed E-state index contributed by atoms with van der Waals surface area (Å²) >= 11 is 6.33. The zero-order valence-electron chi connectivity index (χ0n) is 19.3. The number of sulfonamides is 1. The molecule has 0 atom stereocenters. The predicted molar refractivity (Wildman–Crippen MR) is 134 cm³/mol. The van der Waals surface area contributed by atoms with Crippen LogP contribution in [0.2, 0.25) is 5.02 Å². The topological polar surface area (TPSA) is 94.2 Å². The molecule has 0 aromatic heterocycles. The molecular formula is C25H25ClN2O6S. The van der Waals surface area contributed by atoms with Gasteiger partial charge in [-0.25, -0.2) is 8.42 Å². The van der Waals surface area contributed by atoms with E-state index >= 15 is 0 Å². The predicted octanol–water partition coefficient (Wildman–Crippen LogP) is 4.52. The van der Waals surface area contributed by atoms with E-state index < -0.39 is 15.9 Å². The molecule has 0 fully saturated rings. The van der Waals surface area contributed by atoms with Gasteiger partial charge >= 0.3 is 0 Å². The summed E-state index contributed by atoms with van der Waals surface area (Å²) in [5, 5.41) is 2.79. The fourth-order valence-corrected chi connectivity index (χ4v) is 5.73. The first-order valence-electron chi connectivity index (χ1n) is 10.9. The van der Waals surface area contributed by atoms with E-state index in [0.717, 1.165) is 18.4 Å². The third kappa shape index (κ3) is 5.31. The molecule has 1 aliphatic heterocycles. The molecule has 8 nitrogen and oxygen atoms in total. The normalized spacial score (nSPS) is 13.1. The number of nitrogens with zero attached hydrogens (tertiary/aromatic N) is 1. The number of nitrogens with one attached hydrogen (secondary N) is 1. The van der Waals surface area contributed by atoms with Crippen molar-refractivity contribution >= 4 is 38.9 Å². The highest BCUT2D eigenvalue weighted by Crippen LogP contribution is 2.34. The van der Waals surface area contributed by atoms with Crippen LogP contribution >= 0.6 is 11.6 Å². The molecule has 0 saturated heterocycles. The summed E-state index contributed by atoms with van der Waals surface area (Å²) in [5.74, 6) is 0.781. The monoisotopic (exact) mass is 516 g/mol. The van der Waals surface area contributed by atoms with Crippen LogP contribution in [0.3, 0.4) is 0 Å². The second kappa shape index (κ2) is 10.5. The van der Waals surface area contributed by atoms with E-state index in [1.807, 2.05) is 24.3 Å². The molecule has 0 saturated carbocycles. The van der Waals surface area contributed by atoms with Crippen LogP contribution in [-0.4, -0.2) is 41.7 Å². The van der Waals surface area contributed by atoms with Crippen molar-refractivity contribution in [3.05, 3.63) is 71.2 Å². The highest BCUT2D eigenvalue weighted by atomic mass is 35.5. The number of hydrogen-bond donors (Lipinski definition) is 1. The number of rotatable bonds is 8. The number of ether oxygens (including phenoxy) is 3. The Balaban J connectivity index is 1.45. The third-order valence-corrected chi connectivity index (χ3v) is 7.71. The van der Waals surface area contributed by atoms with Gasteiger partial charge in [0.25, 0.3) is 15.9 Å². The summed E-state index contributed by atoms with van der Waals surface area (Å²) in [6, 6.07) is 16.7. The Labute approximate surface area is 209 Å². The largest absolute Gasteiger partial charge is 0.497 e. The zero-order chi connectivity index (χ0) is 25.0. The van der Waals surface area contributed by atoms with Crippen molar-refractivity contribution in [2.24, 2.45) is 0 Å². The van der Waals surface area contributed by atoms with Gasteiger partial charge in [-0.15, -0.1) is 0 Å². The van der Waals surface area contributed by atoms with Crippen LogP contribution in [0, 0.1) is 0 Å². The molecule has 1 N–H and O–H groups in total. The Bertz CT molecular complexity index is 1350. The molecule has 3 aromatic carbocycles. The Hall–Kier alpha value is -3.43. The lowest BCUT2D eigenvalue weighted by atomic mass is 10.0. The number of fused-ring (bicyclic) bond motifs is 1. The summed E-state index contributed by atoms with van der Waals surface area (Å²) in [6.07, 6.45) is 1.57. The molecule has 0 bridgehead atoms. The molecule has 3 aromatic rings. The quantitative estimate of drug-likeness (QED) is 0.473. The van der Waals surface area contributed by atoms with E-state index in [4.69, 9.17) is 25.8 Å². The molecule has 0 aliphatic carbocycles. The van der Waals surface area contributed by atoms with Crippen LogP contribution in [0.15, 0.2) is 65.6 Å². The van der Waals surface area contributed by atoms with Gasteiger partial charge in [-0.2, -0.15) is 0 Å². The molecule has 35 heavy (non-hydrogen) atoms. The van der Waals surface area contributed by atoms with Crippen molar-refractivity contribution in [1.29, 1.82) is 0 Å². The number of benzene rings is 3. The smallest absolute Gasteiger partial charge is 0.264 e. The van der Waals surface area contributed by atoms with Crippen molar-refractivity contribution in [2.75, 3.05) is 37.0 Å². The van der Waals surface area contributed by atoms with Gasteiger partial charge in [-0.05, 0) is 54.8 Å². The molecular weight excluding hydrogens is 492 g/mol. The molecule has 0 unspecified atom stereocenters. The molecule has 1 amide bonds.